The number of nitrogens with zero attached hydrogens (tertiary/aromatic N) is 2. The Morgan fingerprint density at radius 2 is 1.70 bits per heavy atom. The third-order valence-corrected chi connectivity index (χ3v) is 5.04. The lowest BCUT2D eigenvalue weighted by molar-refractivity contribution is 0.523. The number of nitrogens with one attached hydrogen (secondary N) is 1. The summed E-state index contributed by atoms with van der Waals surface area (Å²) in [7, 11) is -3.86. The molecule has 0 atom stereocenters. The van der Waals surface area contributed by atoms with Crippen LogP contribution in [0.5, 0.6) is 0 Å². The molecular formula is C18H12FN3O4S. The predicted octanol–water partition coefficient (Wildman–Crippen LogP) is 3.94. The van der Waals surface area contributed by atoms with Crippen molar-refractivity contribution in [2.75, 3.05) is 4.72 Å². The number of sulfonamides is 1. The van der Waals surface area contributed by atoms with E-state index in [9.17, 15) is 12.8 Å². The summed E-state index contributed by atoms with van der Waals surface area (Å²) in [4.78, 5) is -0.0489. The van der Waals surface area contributed by atoms with Crippen molar-refractivity contribution in [1.82, 2.24) is 10.2 Å². The Labute approximate surface area is 153 Å². The lowest BCUT2D eigenvalue weighted by Crippen LogP contribution is -2.12. The largest absolute Gasteiger partial charge is 0.459 e. The van der Waals surface area contributed by atoms with Crippen molar-refractivity contribution in [2.24, 2.45) is 0 Å². The fraction of sp³-hybridized carbons (Fsp3) is 0. The molecule has 0 aliphatic rings. The van der Waals surface area contributed by atoms with Gasteiger partial charge in [0.15, 0.2) is 5.76 Å². The highest BCUT2D eigenvalue weighted by Crippen LogP contribution is 2.26. The van der Waals surface area contributed by atoms with Crippen LogP contribution in [-0.4, -0.2) is 18.6 Å². The number of furan rings is 1. The minimum Gasteiger partial charge on any atom is -0.459 e. The van der Waals surface area contributed by atoms with E-state index in [0.717, 1.165) is 12.1 Å². The molecule has 27 heavy (non-hydrogen) atoms. The summed E-state index contributed by atoms with van der Waals surface area (Å²) >= 11 is 0. The number of hydrogen-bond acceptors (Lipinski definition) is 6. The molecule has 9 heteroatoms. The third-order valence-electron chi connectivity index (χ3n) is 3.64. The van der Waals surface area contributed by atoms with Crippen LogP contribution in [0.3, 0.4) is 0 Å². The molecule has 0 spiro atoms. The molecule has 0 aliphatic heterocycles. The van der Waals surface area contributed by atoms with Gasteiger partial charge in [0.1, 0.15) is 5.82 Å². The van der Waals surface area contributed by atoms with Gasteiger partial charge in [-0.2, -0.15) is 0 Å². The van der Waals surface area contributed by atoms with Crippen LogP contribution in [0.2, 0.25) is 0 Å². The Bertz CT molecular complexity index is 1170. The number of aromatic nitrogens is 2. The Kier molecular flexibility index (Phi) is 4.21. The lowest BCUT2D eigenvalue weighted by atomic mass is 10.2. The highest BCUT2D eigenvalue weighted by atomic mass is 32.2. The minimum absolute atomic E-state index is 0.0489. The van der Waals surface area contributed by atoms with Crippen LogP contribution >= 0.6 is 0 Å². The first-order valence-electron chi connectivity index (χ1n) is 7.77. The summed E-state index contributed by atoms with van der Waals surface area (Å²) in [5.41, 5.74) is 0.828. The van der Waals surface area contributed by atoms with Crippen molar-refractivity contribution >= 4 is 15.7 Å². The second kappa shape index (κ2) is 6.69. The van der Waals surface area contributed by atoms with Crippen molar-refractivity contribution in [3.63, 3.8) is 0 Å². The molecule has 0 saturated heterocycles. The van der Waals surface area contributed by atoms with E-state index in [4.69, 9.17) is 8.83 Å². The second-order valence-corrected chi connectivity index (χ2v) is 7.21. The van der Waals surface area contributed by atoms with Gasteiger partial charge in [-0.1, -0.05) is 6.07 Å². The standard InChI is InChI=1S/C18H12FN3O4S/c19-13-6-8-15(9-7-13)27(23,24)22-14-4-1-3-12(11-14)17-20-21-18(26-17)16-5-2-10-25-16/h1-11,22H. The van der Waals surface area contributed by atoms with E-state index in [-0.39, 0.29) is 16.7 Å². The van der Waals surface area contributed by atoms with Gasteiger partial charge in [0.25, 0.3) is 15.9 Å². The SMILES string of the molecule is O=S(=O)(Nc1cccc(-c2nnc(-c3ccco3)o2)c1)c1ccc(F)cc1. The molecular weight excluding hydrogens is 373 g/mol. The number of hydrogen-bond donors (Lipinski definition) is 1. The summed E-state index contributed by atoms with van der Waals surface area (Å²) in [5.74, 6) is 0.346. The van der Waals surface area contributed by atoms with E-state index in [2.05, 4.69) is 14.9 Å². The van der Waals surface area contributed by atoms with E-state index >= 15 is 0 Å². The zero-order valence-electron chi connectivity index (χ0n) is 13.7. The van der Waals surface area contributed by atoms with Gasteiger partial charge in [0, 0.05) is 11.3 Å². The zero-order chi connectivity index (χ0) is 18.9. The lowest BCUT2D eigenvalue weighted by Gasteiger charge is -2.08. The maximum Gasteiger partial charge on any atom is 0.283 e. The smallest absolute Gasteiger partial charge is 0.283 e. The van der Waals surface area contributed by atoms with Crippen LogP contribution in [0, 0.1) is 5.82 Å². The molecule has 0 radical (unpaired) electrons. The van der Waals surface area contributed by atoms with E-state index in [1.807, 2.05) is 0 Å². The van der Waals surface area contributed by atoms with Gasteiger partial charge in [-0.25, -0.2) is 12.8 Å². The molecule has 2 aromatic carbocycles. The topological polar surface area (TPSA) is 98.2 Å². The van der Waals surface area contributed by atoms with E-state index in [1.54, 1.807) is 36.4 Å². The number of rotatable bonds is 5. The third kappa shape index (κ3) is 3.58. The summed E-state index contributed by atoms with van der Waals surface area (Å²) in [6, 6.07) is 14.4. The fourth-order valence-electron chi connectivity index (χ4n) is 2.38. The number of halogens is 1. The zero-order valence-corrected chi connectivity index (χ0v) is 14.5. The van der Waals surface area contributed by atoms with Crippen molar-refractivity contribution in [3.05, 3.63) is 72.7 Å². The summed E-state index contributed by atoms with van der Waals surface area (Å²) in [6.45, 7) is 0. The molecule has 136 valence electrons. The Hall–Kier alpha value is -3.46. The molecule has 0 bridgehead atoms. The van der Waals surface area contributed by atoms with Gasteiger partial charge >= 0.3 is 0 Å². The fourth-order valence-corrected chi connectivity index (χ4v) is 3.43. The first-order chi connectivity index (χ1) is 13.0. The molecule has 4 aromatic rings. The first kappa shape index (κ1) is 17.0. The van der Waals surface area contributed by atoms with E-state index in [1.165, 1.54) is 18.4 Å². The Morgan fingerprint density at radius 3 is 2.44 bits per heavy atom. The quantitative estimate of drug-likeness (QED) is 0.559. The second-order valence-electron chi connectivity index (χ2n) is 5.53. The molecule has 0 unspecified atom stereocenters. The monoisotopic (exact) mass is 385 g/mol. The maximum absolute atomic E-state index is 13.0. The van der Waals surface area contributed by atoms with Crippen molar-refractivity contribution in [3.8, 4) is 23.1 Å². The molecule has 0 fully saturated rings. The molecule has 4 rings (SSSR count). The van der Waals surface area contributed by atoms with Crippen molar-refractivity contribution < 1.29 is 21.6 Å². The Morgan fingerprint density at radius 1 is 0.926 bits per heavy atom. The molecule has 2 aromatic heterocycles. The molecule has 1 N–H and O–H groups in total. The van der Waals surface area contributed by atoms with E-state index < -0.39 is 15.8 Å². The van der Waals surface area contributed by atoms with Crippen molar-refractivity contribution in [1.29, 1.82) is 0 Å². The van der Waals surface area contributed by atoms with Crippen LogP contribution in [0.1, 0.15) is 0 Å². The van der Waals surface area contributed by atoms with Gasteiger partial charge in [0.2, 0.25) is 5.89 Å². The average Bonchev–Trinajstić information content (AvgIpc) is 3.34. The van der Waals surface area contributed by atoms with Crippen LogP contribution in [-0.2, 0) is 10.0 Å². The molecule has 2 heterocycles. The molecule has 7 nitrogen and oxygen atoms in total. The maximum atomic E-state index is 13.0. The first-order valence-corrected chi connectivity index (χ1v) is 9.26. The van der Waals surface area contributed by atoms with Gasteiger partial charge in [0.05, 0.1) is 11.2 Å². The van der Waals surface area contributed by atoms with Gasteiger partial charge < -0.3 is 8.83 Å². The van der Waals surface area contributed by atoms with Gasteiger partial charge in [-0.3, -0.25) is 4.72 Å². The molecule has 0 saturated carbocycles. The Balaban J connectivity index is 1.60. The summed E-state index contributed by atoms with van der Waals surface area (Å²) in [6.07, 6.45) is 1.49. The van der Waals surface area contributed by atoms with Crippen LogP contribution in [0.4, 0.5) is 10.1 Å². The van der Waals surface area contributed by atoms with Crippen LogP contribution in [0.25, 0.3) is 23.1 Å². The van der Waals surface area contributed by atoms with E-state index in [0.29, 0.717) is 17.0 Å². The number of anilines is 1. The normalized spacial score (nSPS) is 11.4. The minimum atomic E-state index is -3.86. The summed E-state index contributed by atoms with van der Waals surface area (Å²) in [5, 5.41) is 7.86. The molecule has 0 amide bonds. The highest BCUT2D eigenvalue weighted by molar-refractivity contribution is 7.92. The highest BCUT2D eigenvalue weighted by Gasteiger charge is 2.16. The average molecular weight is 385 g/mol. The molecule has 0 aliphatic carbocycles. The van der Waals surface area contributed by atoms with Crippen LogP contribution < -0.4 is 4.72 Å². The van der Waals surface area contributed by atoms with Gasteiger partial charge in [-0.05, 0) is 54.6 Å². The van der Waals surface area contributed by atoms with Crippen molar-refractivity contribution in [2.45, 2.75) is 4.90 Å². The van der Waals surface area contributed by atoms with Gasteiger partial charge in [-0.15, -0.1) is 10.2 Å². The summed E-state index contributed by atoms with van der Waals surface area (Å²) < 4.78 is 51.0. The van der Waals surface area contributed by atoms with Crippen LogP contribution in [0.15, 0.2) is 80.7 Å². The number of benzene rings is 2. The predicted molar refractivity (Wildman–Crippen MR) is 94.6 cm³/mol.